The number of benzene rings is 1. The van der Waals surface area contributed by atoms with Crippen LogP contribution in [0.1, 0.15) is 35.8 Å². The molecule has 0 spiro atoms. The molecule has 1 atom stereocenters. The smallest absolute Gasteiger partial charge is 0.251 e. The number of piperidine rings is 1. The number of hydrogen-bond acceptors (Lipinski definition) is 6. The van der Waals surface area contributed by atoms with Crippen LogP contribution in [-0.2, 0) is 11.3 Å². The molecule has 7 nitrogen and oxygen atoms in total. The van der Waals surface area contributed by atoms with Crippen LogP contribution in [0.15, 0.2) is 48.7 Å². The van der Waals surface area contributed by atoms with Gasteiger partial charge >= 0.3 is 0 Å². The third kappa shape index (κ3) is 7.09. The molecule has 1 aliphatic heterocycles. The number of nitrogens with zero attached hydrogens (tertiary/aromatic N) is 2. The lowest BCUT2D eigenvalue weighted by Crippen LogP contribution is -2.38. The predicted octanol–water partition coefficient (Wildman–Crippen LogP) is 2.25. The number of pyridine rings is 1. The molecular weight excluding hydrogens is 382 g/mol. The van der Waals surface area contributed by atoms with Crippen LogP contribution in [0.25, 0.3) is 0 Å². The van der Waals surface area contributed by atoms with Crippen LogP contribution in [-0.4, -0.2) is 66.0 Å². The van der Waals surface area contributed by atoms with E-state index in [2.05, 4.69) is 21.3 Å². The predicted molar refractivity (Wildman–Crippen MR) is 114 cm³/mol. The minimum atomic E-state index is -0.708. The van der Waals surface area contributed by atoms with Gasteiger partial charge < -0.3 is 19.9 Å². The number of carbonyl (C=O) groups excluding carboxylic acids is 1. The molecule has 1 fully saturated rings. The van der Waals surface area contributed by atoms with Crippen LogP contribution in [0, 0.1) is 0 Å². The number of hydrogen-bond donors (Lipinski definition) is 2. The molecule has 0 radical (unpaired) electrons. The number of aliphatic hydroxyl groups excluding tert-OH is 1. The first-order valence-corrected chi connectivity index (χ1v) is 10.6. The van der Waals surface area contributed by atoms with Crippen molar-refractivity contribution in [3.8, 4) is 5.75 Å². The van der Waals surface area contributed by atoms with E-state index in [4.69, 9.17) is 9.47 Å². The molecule has 162 valence electrons. The first kappa shape index (κ1) is 22.2. The van der Waals surface area contributed by atoms with Gasteiger partial charge in [0.1, 0.15) is 11.9 Å². The van der Waals surface area contributed by atoms with Crippen molar-refractivity contribution < 1.29 is 19.4 Å². The zero-order valence-electron chi connectivity index (χ0n) is 17.5. The van der Waals surface area contributed by atoms with Gasteiger partial charge in [-0.2, -0.15) is 0 Å². The summed E-state index contributed by atoms with van der Waals surface area (Å²) in [5.41, 5.74) is 1.63. The van der Waals surface area contributed by atoms with Crippen LogP contribution in [0.3, 0.4) is 0 Å². The second-order valence-electron chi connectivity index (χ2n) is 7.46. The molecule has 7 heteroatoms. The fourth-order valence-electron chi connectivity index (χ4n) is 3.41. The Labute approximate surface area is 178 Å². The Hall–Kier alpha value is -2.48. The van der Waals surface area contributed by atoms with E-state index in [1.165, 1.54) is 0 Å². The summed E-state index contributed by atoms with van der Waals surface area (Å²) in [6, 6.07) is 13.2. The molecule has 1 aromatic carbocycles. The van der Waals surface area contributed by atoms with Crippen molar-refractivity contribution in [2.75, 3.05) is 32.8 Å². The highest BCUT2D eigenvalue weighted by atomic mass is 16.5. The van der Waals surface area contributed by atoms with E-state index in [1.54, 1.807) is 12.1 Å². The van der Waals surface area contributed by atoms with Gasteiger partial charge in [0.15, 0.2) is 0 Å². The molecule has 2 N–H and O–H groups in total. The van der Waals surface area contributed by atoms with Crippen LogP contribution >= 0.6 is 0 Å². The topological polar surface area (TPSA) is 83.9 Å². The Morgan fingerprint density at radius 2 is 2.00 bits per heavy atom. The summed E-state index contributed by atoms with van der Waals surface area (Å²) in [5.74, 6) is 0.547. The zero-order chi connectivity index (χ0) is 21.2. The van der Waals surface area contributed by atoms with Crippen LogP contribution in [0.4, 0.5) is 0 Å². The quantitative estimate of drug-likeness (QED) is 0.622. The Balaban J connectivity index is 1.40. The van der Waals surface area contributed by atoms with E-state index in [9.17, 15) is 9.90 Å². The number of nitrogens with one attached hydrogen (secondary N) is 1. The molecule has 0 bridgehead atoms. The Morgan fingerprint density at radius 3 is 2.67 bits per heavy atom. The number of rotatable bonds is 10. The second kappa shape index (κ2) is 11.6. The highest BCUT2D eigenvalue weighted by Gasteiger charge is 2.21. The summed E-state index contributed by atoms with van der Waals surface area (Å²) in [4.78, 5) is 19.0. The maximum Gasteiger partial charge on any atom is 0.251 e. The summed E-state index contributed by atoms with van der Waals surface area (Å²) >= 11 is 0. The minimum Gasteiger partial charge on any atom is -0.490 e. The molecule has 0 aliphatic carbocycles. The molecule has 3 rings (SSSR count). The average molecular weight is 414 g/mol. The van der Waals surface area contributed by atoms with Gasteiger partial charge in [-0.3, -0.25) is 14.7 Å². The van der Waals surface area contributed by atoms with Crippen molar-refractivity contribution in [2.45, 2.75) is 38.5 Å². The molecule has 1 amide bonds. The van der Waals surface area contributed by atoms with E-state index >= 15 is 0 Å². The van der Waals surface area contributed by atoms with Gasteiger partial charge in [0.25, 0.3) is 5.91 Å². The van der Waals surface area contributed by atoms with Crippen molar-refractivity contribution >= 4 is 5.91 Å². The zero-order valence-corrected chi connectivity index (χ0v) is 17.5. The Morgan fingerprint density at radius 1 is 1.23 bits per heavy atom. The van der Waals surface area contributed by atoms with E-state index in [0.717, 1.165) is 43.9 Å². The van der Waals surface area contributed by atoms with Crippen LogP contribution in [0.2, 0.25) is 0 Å². The summed E-state index contributed by atoms with van der Waals surface area (Å²) in [6.07, 6.45) is 3.23. The summed E-state index contributed by atoms with van der Waals surface area (Å²) in [6.45, 7) is 5.60. The second-order valence-corrected chi connectivity index (χ2v) is 7.46. The van der Waals surface area contributed by atoms with Gasteiger partial charge in [0, 0.05) is 44.5 Å². The van der Waals surface area contributed by atoms with Gasteiger partial charge in [-0.1, -0.05) is 6.07 Å². The lowest BCUT2D eigenvalue weighted by atomic mass is 10.1. The first-order chi connectivity index (χ1) is 14.6. The van der Waals surface area contributed by atoms with Crippen molar-refractivity contribution in [1.29, 1.82) is 0 Å². The SMILES string of the molecule is CCOCC(O)CNC(=O)c1ccc(OC2CCN(Cc3ccccn3)CC2)cc1. The highest BCUT2D eigenvalue weighted by molar-refractivity contribution is 5.94. The number of aliphatic hydroxyl groups is 1. The molecule has 2 aromatic rings. The fourth-order valence-corrected chi connectivity index (χ4v) is 3.41. The lowest BCUT2D eigenvalue weighted by molar-refractivity contribution is 0.0418. The Bertz CT molecular complexity index is 762. The van der Waals surface area contributed by atoms with E-state index in [1.807, 2.05) is 37.4 Å². The number of amides is 1. The van der Waals surface area contributed by atoms with E-state index in [0.29, 0.717) is 12.2 Å². The van der Waals surface area contributed by atoms with Gasteiger partial charge in [0.2, 0.25) is 0 Å². The van der Waals surface area contributed by atoms with Gasteiger partial charge in [-0.25, -0.2) is 0 Å². The molecule has 2 heterocycles. The number of ether oxygens (including phenoxy) is 2. The highest BCUT2D eigenvalue weighted by Crippen LogP contribution is 2.20. The monoisotopic (exact) mass is 413 g/mol. The fraction of sp³-hybridized carbons (Fsp3) is 0.478. The van der Waals surface area contributed by atoms with Crippen LogP contribution in [0.5, 0.6) is 5.75 Å². The summed E-state index contributed by atoms with van der Waals surface area (Å²) in [5, 5.41) is 12.4. The standard InChI is InChI=1S/C23H31N3O4/c1-2-29-17-20(27)15-25-23(28)18-6-8-21(9-7-18)30-22-10-13-26(14-11-22)16-19-5-3-4-12-24-19/h3-9,12,20,22,27H,2,10-11,13-17H2,1H3,(H,25,28). The molecule has 1 saturated heterocycles. The van der Waals surface area contributed by atoms with Crippen LogP contribution < -0.4 is 10.1 Å². The molecular formula is C23H31N3O4. The number of carbonyl (C=O) groups is 1. The van der Waals surface area contributed by atoms with Gasteiger partial charge in [-0.15, -0.1) is 0 Å². The Kier molecular flexibility index (Phi) is 8.62. The van der Waals surface area contributed by atoms with Gasteiger partial charge in [-0.05, 0) is 56.2 Å². The minimum absolute atomic E-state index is 0.161. The molecule has 1 unspecified atom stereocenters. The van der Waals surface area contributed by atoms with Crippen molar-refractivity contribution in [2.24, 2.45) is 0 Å². The third-order valence-corrected chi connectivity index (χ3v) is 5.08. The molecule has 1 aromatic heterocycles. The number of likely N-dealkylation sites (tertiary alicyclic amines) is 1. The van der Waals surface area contributed by atoms with Crippen molar-refractivity contribution in [3.63, 3.8) is 0 Å². The molecule has 1 aliphatic rings. The van der Waals surface area contributed by atoms with Crippen molar-refractivity contribution in [3.05, 3.63) is 59.9 Å². The largest absolute Gasteiger partial charge is 0.490 e. The maximum absolute atomic E-state index is 12.2. The number of aromatic nitrogens is 1. The lowest BCUT2D eigenvalue weighted by Gasteiger charge is -2.31. The van der Waals surface area contributed by atoms with Crippen molar-refractivity contribution in [1.82, 2.24) is 15.2 Å². The van der Waals surface area contributed by atoms with Gasteiger partial charge in [0.05, 0.1) is 18.4 Å². The van der Waals surface area contributed by atoms with E-state index in [-0.39, 0.29) is 25.2 Å². The maximum atomic E-state index is 12.2. The molecule has 0 saturated carbocycles. The summed E-state index contributed by atoms with van der Waals surface area (Å²) in [7, 11) is 0. The average Bonchev–Trinajstić information content (AvgIpc) is 2.78. The van der Waals surface area contributed by atoms with E-state index < -0.39 is 6.10 Å². The molecule has 30 heavy (non-hydrogen) atoms. The normalized spacial score (nSPS) is 16.2. The summed E-state index contributed by atoms with van der Waals surface area (Å²) < 4.78 is 11.2. The third-order valence-electron chi connectivity index (χ3n) is 5.08. The first-order valence-electron chi connectivity index (χ1n) is 10.6.